The Morgan fingerprint density at radius 2 is 1.94 bits per heavy atom. The third kappa shape index (κ3) is 7.97. The van der Waals surface area contributed by atoms with E-state index in [1.54, 1.807) is 11.3 Å². The minimum atomic E-state index is -0.0730. The van der Waals surface area contributed by atoms with E-state index in [0.29, 0.717) is 12.5 Å². The molecule has 0 spiro atoms. The Morgan fingerprint density at radius 3 is 2.65 bits per heavy atom. The van der Waals surface area contributed by atoms with Crippen LogP contribution < -0.4 is 16.0 Å². The number of benzene rings is 1. The number of carbonyl (C=O) groups excluding carboxylic acids is 1. The molecule has 1 aliphatic heterocycles. The Bertz CT molecular complexity index is 792. The number of carbonyl (C=O) groups is 1. The van der Waals surface area contributed by atoms with E-state index in [2.05, 4.69) is 55.5 Å². The molecule has 3 rings (SSSR count). The molecule has 0 radical (unpaired) electrons. The van der Waals surface area contributed by atoms with Crippen molar-refractivity contribution in [3.05, 3.63) is 58.3 Å². The van der Waals surface area contributed by atoms with Crippen molar-refractivity contribution in [1.82, 2.24) is 20.9 Å². The molecule has 3 N–H and O–H groups in total. The second-order valence-corrected chi connectivity index (χ2v) is 8.32. The summed E-state index contributed by atoms with van der Waals surface area (Å²) in [5.41, 5.74) is 1.21. The molecule has 1 unspecified atom stereocenters. The van der Waals surface area contributed by atoms with Gasteiger partial charge >= 0.3 is 0 Å². The van der Waals surface area contributed by atoms with Gasteiger partial charge in [0.05, 0.1) is 19.3 Å². The van der Waals surface area contributed by atoms with E-state index in [1.807, 2.05) is 25.1 Å². The van der Waals surface area contributed by atoms with Gasteiger partial charge in [0.25, 0.3) is 0 Å². The Labute approximate surface area is 188 Å². The number of ether oxygens (including phenoxy) is 1. The van der Waals surface area contributed by atoms with Crippen molar-refractivity contribution >= 4 is 23.2 Å². The Hall–Kier alpha value is -2.42. The number of morpholine rings is 1. The van der Waals surface area contributed by atoms with Gasteiger partial charge in [-0.15, -0.1) is 11.3 Å². The van der Waals surface area contributed by atoms with Crippen molar-refractivity contribution in [3.63, 3.8) is 0 Å². The molecule has 0 bridgehead atoms. The van der Waals surface area contributed by atoms with Crippen molar-refractivity contribution in [3.8, 4) is 0 Å². The summed E-state index contributed by atoms with van der Waals surface area (Å²) in [6, 6.07) is 14.7. The number of nitrogens with one attached hydrogen (secondary N) is 3. The van der Waals surface area contributed by atoms with Gasteiger partial charge in [0.2, 0.25) is 5.91 Å². The van der Waals surface area contributed by atoms with Crippen LogP contribution >= 0.6 is 11.3 Å². The molecule has 0 saturated carbocycles. The van der Waals surface area contributed by atoms with Gasteiger partial charge in [0.15, 0.2) is 5.96 Å². The first kappa shape index (κ1) is 23.2. The highest BCUT2D eigenvalue weighted by atomic mass is 32.1. The van der Waals surface area contributed by atoms with Crippen molar-refractivity contribution in [1.29, 1.82) is 0 Å². The highest BCUT2D eigenvalue weighted by Gasteiger charge is 2.23. The molecule has 8 heteroatoms. The summed E-state index contributed by atoms with van der Waals surface area (Å²) in [6.07, 6.45) is 0.816. The van der Waals surface area contributed by atoms with E-state index in [4.69, 9.17) is 4.74 Å². The standard InChI is InChI=1S/C23H33N5O2S/c1-2-24-23(27-18-22(29)25-11-10-19-7-4-3-5-8-19)26-17-20(21-9-6-16-31-21)28-12-14-30-15-13-28/h3-9,16,20H,2,10-15,17-18H2,1H3,(H,25,29)(H2,24,26,27). The quantitative estimate of drug-likeness (QED) is 0.387. The van der Waals surface area contributed by atoms with Crippen LogP contribution in [0.3, 0.4) is 0 Å². The molecule has 31 heavy (non-hydrogen) atoms. The van der Waals surface area contributed by atoms with Gasteiger partial charge in [-0.1, -0.05) is 36.4 Å². The SMILES string of the molecule is CCNC(=NCC(=O)NCCc1ccccc1)NCC(c1cccs1)N1CCOCC1. The van der Waals surface area contributed by atoms with Crippen LogP contribution in [0.5, 0.6) is 0 Å². The average Bonchev–Trinajstić information content (AvgIpc) is 3.33. The maximum atomic E-state index is 12.2. The average molecular weight is 444 g/mol. The minimum Gasteiger partial charge on any atom is -0.379 e. The zero-order valence-corrected chi connectivity index (χ0v) is 19.0. The lowest BCUT2D eigenvalue weighted by Crippen LogP contribution is -2.46. The van der Waals surface area contributed by atoms with Gasteiger partial charge in [-0.2, -0.15) is 0 Å². The zero-order valence-electron chi connectivity index (χ0n) is 18.2. The van der Waals surface area contributed by atoms with Gasteiger partial charge in [0.1, 0.15) is 6.54 Å². The van der Waals surface area contributed by atoms with Crippen LogP contribution in [-0.2, 0) is 16.0 Å². The smallest absolute Gasteiger partial charge is 0.241 e. The molecule has 168 valence electrons. The van der Waals surface area contributed by atoms with Crippen molar-refractivity contribution in [2.75, 3.05) is 52.5 Å². The van der Waals surface area contributed by atoms with Crippen molar-refractivity contribution in [2.45, 2.75) is 19.4 Å². The molecule has 1 amide bonds. The van der Waals surface area contributed by atoms with Gasteiger partial charge in [-0.3, -0.25) is 9.69 Å². The first-order valence-electron chi connectivity index (χ1n) is 10.9. The second-order valence-electron chi connectivity index (χ2n) is 7.34. The second kappa shape index (κ2) is 13.1. The highest BCUT2D eigenvalue weighted by molar-refractivity contribution is 7.10. The van der Waals surface area contributed by atoms with Crippen LogP contribution in [-0.4, -0.2) is 69.2 Å². The fourth-order valence-electron chi connectivity index (χ4n) is 3.51. The highest BCUT2D eigenvalue weighted by Crippen LogP contribution is 2.25. The van der Waals surface area contributed by atoms with E-state index in [0.717, 1.165) is 45.8 Å². The molecule has 2 heterocycles. The molecular weight excluding hydrogens is 410 g/mol. The van der Waals surface area contributed by atoms with Crippen LogP contribution in [0.15, 0.2) is 52.8 Å². The van der Waals surface area contributed by atoms with Crippen LogP contribution in [0.2, 0.25) is 0 Å². The van der Waals surface area contributed by atoms with Crippen LogP contribution in [0, 0.1) is 0 Å². The number of aliphatic imine (C=N–C) groups is 1. The molecule has 7 nitrogen and oxygen atoms in total. The van der Waals surface area contributed by atoms with E-state index in [9.17, 15) is 4.79 Å². The maximum Gasteiger partial charge on any atom is 0.241 e. The van der Waals surface area contributed by atoms with Gasteiger partial charge < -0.3 is 20.7 Å². The predicted octanol–water partition coefficient (Wildman–Crippen LogP) is 2.04. The third-order valence-electron chi connectivity index (χ3n) is 5.12. The summed E-state index contributed by atoms with van der Waals surface area (Å²) in [4.78, 5) is 20.5. The maximum absolute atomic E-state index is 12.2. The third-order valence-corrected chi connectivity index (χ3v) is 6.10. The monoisotopic (exact) mass is 443 g/mol. The summed E-state index contributed by atoms with van der Waals surface area (Å²) in [5, 5.41) is 11.7. The number of rotatable bonds is 10. The predicted molar refractivity (Wildman–Crippen MR) is 127 cm³/mol. The summed E-state index contributed by atoms with van der Waals surface area (Å²) >= 11 is 1.77. The fraction of sp³-hybridized carbons (Fsp3) is 0.478. The first-order chi connectivity index (χ1) is 15.3. The number of thiophene rings is 1. The Balaban J connectivity index is 1.50. The van der Waals surface area contributed by atoms with E-state index in [-0.39, 0.29) is 18.5 Å². The summed E-state index contributed by atoms with van der Waals surface area (Å²) in [7, 11) is 0. The van der Waals surface area contributed by atoms with Crippen molar-refractivity contribution < 1.29 is 9.53 Å². The van der Waals surface area contributed by atoms with Gasteiger partial charge in [0, 0.05) is 37.6 Å². The molecule has 1 aliphatic rings. The summed E-state index contributed by atoms with van der Waals surface area (Å²) in [5.74, 6) is 0.589. The largest absolute Gasteiger partial charge is 0.379 e. The Kier molecular flexibility index (Phi) is 9.82. The lowest BCUT2D eigenvalue weighted by molar-refractivity contribution is -0.119. The lowest BCUT2D eigenvalue weighted by Gasteiger charge is -2.34. The van der Waals surface area contributed by atoms with Crippen LogP contribution in [0.1, 0.15) is 23.4 Å². The molecule has 1 aromatic carbocycles. The molecular formula is C23H33N5O2S. The topological polar surface area (TPSA) is 78.0 Å². The molecule has 2 aromatic rings. The van der Waals surface area contributed by atoms with E-state index >= 15 is 0 Å². The molecule has 1 aromatic heterocycles. The fourth-order valence-corrected chi connectivity index (χ4v) is 4.37. The zero-order chi connectivity index (χ0) is 21.7. The van der Waals surface area contributed by atoms with Gasteiger partial charge in [-0.25, -0.2) is 4.99 Å². The molecule has 1 saturated heterocycles. The molecule has 0 aliphatic carbocycles. The van der Waals surface area contributed by atoms with E-state index in [1.165, 1.54) is 10.4 Å². The number of guanidine groups is 1. The minimum absolute atomic E-state index is 0.0730. The Morgan fingerprint density at radius 1 is 1.13 bits per heavy atom. The van der Waals surface area contributed by atoms with Crippen molar-refractivity contribution in [2.24, 2.45) is 4.99 Å². The number of nitrogens with zero attached hydrogens (tertiary/aromatic N) is 2. The first-order valence-corrected chi connectivity index (χ1v) is 11.8. The lowest BCUT2D eigenvalue weighted by atomic mass is 10.1. The number of hydrogen-bond acceptors (Lipinski definition) is 5. The normalized spacial score (nSPS) is 16.0. The van der Waals surface area contributed by atoms with Crippen LogP contribution in [0.4, 0.5) is 0 Å². The molecule has 1 fully saturated rings. The van der Waals surface area contributed by atoms with E-state index < -0.39 is 0 Å². The summed E-state index contributed by atoms with van der Waals surface area (Å²) in [6.45, 7) is 7.56. The van der Waals surface area contributed by atoms with Crippen LogP contribution in [0.25, 0.3) is 0 Å². The summed E-state index contributed by atoms with van der Waals surface area (Å²) < 4.78 is 5.52. The molecule has 1 atom stereocenters. The number of hydrogen-bond donors (Lipinski definition) is 3. The van der Waals surface area contributed by atoms with Gasteiger partial charge in [-0.05, 0) is 30.4 Å². The number of amides is 1.